The number of nitrogens with one attached hydrogen (secondary N) is 1. The smallest absolute Gasteiger partial charge is 0.359 e. The van der Waals surface area contributed by atoms with Crippen LogP contribution in [-0.2, 0) is 4.74 Å². The Kier molecular flexibility index (Phi) is 6.08. The molecule has 1 aromatic carbocycles. The fourth-order valence-corrected chi connectivity index (χ4v) is 4.25. The van der Waals surface area contributed by atoms with Crippen molar-refractivity contribution in [3.8, 4) is 10.7 Å². The van der Waals surface area contributed by atoms with Crippen LogP contribution in [0.15, 0.2) is 34.7 Å². The number of thiazole rings is 1. The number of hydrogen-bond acceptors (Lipinski definition) is 8. The summed E-state index contributed by atoms with van der Waals surface area (Å²) in [7, 11) is 0. The van der Waals surface area contributed by atoms with Gasteiger partial charge >= 0.3 is 5.97 Å². The summed E-state index contributed by atoms with van der Waals surface area (Å²) in [6.45, 7) is 6.19. The summed E-state index contributed by atoms with van der Waals surface area (Å²) in [5, 5.41) is 3.89. The molecule has 3 aromatic rings. The summed E-state index contributed by atoms with van der Waals surface area (Å²) in [6, 6.07) is 7.97. The highest BCUT2D eigenvalue weighted by Gasteiger charge is 2.20. The number of carbonyl (C=O) groups excluding carboxylic acids is 1. The number of esters is 1. The number of aryl methyl sites for hydroxylation is 2. The van der Waals surface area contributed by atoms with Crippen molar-refractivity contribution in [1.82, 2.24) is 15.0 Å². The van der Waals surface area contributed by atoms with Crippen LogP contribution < -0.4 is 5.32 Å². The molecule has 0 amide bonds. The van der Waals surface area contributed by atoms with Gasteiger partial charge in [-0.25, -0.2) is 19.7 Å². The highest BCUT2D eigenvalue weighted by atomic mass is 32.2. The lowest BCUT2D eigenvalue weighted by Gasteiger charge is -2.07. The second-order valence-corrected chi connectivity index (χ2v) is 7.92. The van der Waals surface area contributed by atoms with Gasteiger partial charge in [0.25, 0.3) is 0 Å². The molecule has 0 saturated heterocycles. The van der Waals surface area contributed by atoms with E-state index >= 15 is 0 Å². The number of rotatable bonds is 6. The zero-order valence-corrected chi connectivity index (χ0v) is 17.2. The van der Waals surface area contributed by atoms with E-state index < -0.39 is 5.97 Å². The highest BCUT2D eigenvalue weighted by Crippen LogP contribution is 2.33. The van der Waals surface area contributed by atoms with Crippen LogP contribution in [0.2, 0.25) is 0 Å². The zero-order valence-electron chi connectivity index (χ0n) is 15.6. The Morgan fingerprint density at radius 1 is 1.22 bits per heavy atom. The van der Waals surface area contributed by atoms with Gasteiger partial charge in [0.1, 0.15) is 10.7 Å². The second kappa shape index (κ2) is 8.49. The van der Waals surface area contributed by atoms with Crippen LogP contribution in [0.5, 0.6) is 0 Å². The normalized spacial score (nSPS) is 10.7. The molecule has 6 nitrogen and oxygen atoms in total. The topological polar surface area (TPSA) is 77.0 Å². The molecule has 0 bridgehead atoms. The van der Waals surface area contributed by atoms with Crippen LogP contribution in [0.1, 0.15) is 28.5 Å². The van der Waals surface area contributed by atoms with E-state index in [1.807, 2.05) is 32.2 Å². The summed E-state index contributed by atoms with van der Waals surface area (Å²) in [4.78, 5) is 25.4. The van der Waals surface area contributed by atoms with Gasteiger partial charge in [-0.15, -0.1) is 23.1 Å². The first-order valence-corrected chi connectivity index (χ1v) is 10.4. The lowest BCUT2D eigenvalue weighted by molar-refractivity contribution is 0.0516. The molecule has 0 aliphatic rings. The number of thioether (sulfide) groups is 1. The van der Waals surface area contributed by atoms with Crippen LogP contribution in [0, 0.1) is 13.8 Å². The number of hydrogen-bond donors (Lipinski definition) is 1. The van der Waals surface area contributed by atoms with Crippen LogP contribution in [-0.4, -0.2) is 33.8 Å². The van der Waals surface area contributed by atoms with Gasteiger partial charge < -0.3 is 10.1 Å². The van der Waals surface area contributed by atoms with E-state index in [0.717, 1.165) is 21.0 Å². The van der Waals surface area contributed by atoms with Gasteiger partial charge in [-0.3, -0.25) is 0 Å². The molecule has 0 atom stereocenters. The predicted octanol–water partition coefficient (Wildman–Crippen LogP) is 4.86. The average molecular weight is 401 g/mol. The molecule has 2 aromatic heterocycles. The molecular formula is C19H20N4O2S2. The molecular weight excluding hydrogens is 380 g/mol. The van der Waals surface area contributed by atoms with Gasteiger partial charge in [-0.1, -0.05) is 6.07 Å². The first-order chi connectivity index (χ1) is 13.0. The highest BCUT2D eigenvalue weighted by molar-refractivity contribution is 8.00. The van der Waals surface area contributed by atoms with E-state index in [1.165, 1.54) is 23.1 Å². The Morgan fingerprint density at radius 3 is 2.63 bits per heavy atom. The van der Waals surface area contributed by atoms with E-state index in [4.69, 9.17) is 4.74 Å². The summed E-state index contributed by atoms with van der Waals surface area (Å²) >= 11 is 2.89. The average Bonchev–Trinajstić information content (AvgIpc) is 3.06. The molecule has 0 aliphatic carbocycles. The Bertz CT molecular complexity index is 952. The third kappa shape index (κ3) is 4.64. The largest absolute Gasteiger partial charge is 0.461 e. The van der Waals surface area contributed by atoms with Crippen molar-refractivity contribution >= 4 is 40.7 Å². The fourth-order valence-electron chi connectivity index (χ4n) is 2.60. The van der Waals surface area contributed by atoms with E-state index in [9.17, 15) is 4.79 Å². The minimum Gasteiger partial charge on any atom is -0.461 e. The standard InChI is InChI=1S/C19H20N4O2S2/c1-5-25-17(24)15-18(26-4)27-16(23-15)14-6-7-20-19(22-14)21-13-9-11(2)8-12(3)10-13/h6-10H,5H2,1-4H3,(H,20,21,22). The van der Waals surface area contributed by atoms with Crippen LogP contribution in [0.25, 0.3) is 10.7 Å². The van der Waals surface area contributed by atoms with Crippen molar-refractivity contribution in [2.75, 3.05) is 18.2 Å². The van der Waals surface area contributed by atoms with Gasteiger partial charge in [0.15, 0.2) is 5.69 Å². The van der Waals surface area contributed by atoms with Crippen LogP contribution in [0.4, 0.5) is 11.6 Å². The van der Waals surface area contributed by atoms with E-state index in [-0.39, 0.29) is 0 Å². The second-order valence-electron chi connectivity index (χ2n) is 5.85. The number of anilines is 2. The SMILES string of the molecule is CCOC(=O)c1nc(-c2ccnc(Nc3cc(C)cc(C)c3)n2)sc1SC. The van der Waals surface area contributed by atoms with Crippen LogP contribution in [0.3, 0.4) is 0 Å². The number of aromatic nitrogens is 3. The lowest BCUT2D eigenvalue weighted by Crippen LogP contribution is -2.06. The minimum atomic E-state index is -0.410. The first-order valence-electron chi connectivity index (χ1n) is 8.40. The van der Waals surface area contributed by atoms with Gasteiger partial charge in [-0.2, -0.15) is 0 Å². The zero-order chi connectivity index (χ0) is 19.4. The fraction of sp³-hybridized carbons (Fsp3) is 0.263. The minimum absolute atomic E-state index is 0.316. The molecule has 0 unspecified atom stereocenters. The number of nitrogens with zero attached hydrogens (tertiary/aromatic N) is 3. The molecule has 0 fully saturated rings. The molecule has 1 N–H and O–H groups in total. The van der Waals surface area contributed by atoms with Crippen molar-refractivity contribution < 1.29 is 9.53 Å². The van der Waals surface area contributed by atoms with Gasteiger partial charge in [0, 0.05) is 11.9 Å². The molecule has 0 aliphatic heterocycles. The van der Waals surface area contributed by atoms with Crippen molar-refractivity contribution in [3.63, 3.8) is 0 Å². The number of carbonyl (C=O) groups is 1. The molecule has 140 valence electrons. The molecule has 3 rings (SSSR count). The summed E-state index contributed by atoms with van der Waals surface area (Å²) in [5.41, 5.74) is 4.26. The first kappa shape index (κ1) is 19.3. The maximum Gasteiger partial charge on any atom is 0.359 e. The van der Waals surface area contributed by atoms with Crippen molar-refractivity contribution in [2.24, 2.45) is 0 Å². The number of benzene rings is 1. The Hall–Kier alpha value is -2.45. The molecule has 0 radical (unpaired) electrons. The summed E-state index contributed by atoms with van der Waals surface area (Å²) in [6.07, 6.45) is 3.59. The summed E-state index contributed by atoms with van der Waals surface area (Å²) < 4.78 is 5.90. The third-order valence-corrected chi connectivity index (χ3v) is 5.79. The lowest BCUT2D eigenvalue weighted by atomic mass is 10.1. The van der Waals surface area contributed by atoms with Crippen molar-refractivity contribution in [2.45, 2.75) is 25.0 Å². The molecule has 0 saturated carbocycles. The van der Waals surface area contributed by atoms with Gasteiger partial charge in [0.05, 0.1) is 10.8 Å². The maximum absolute atomic E-state index is 12.1. The van der Waals surface area contributed by atoms with Crippen molar-refractivity contribution in [1.29, 1.82) is 0 Å². The molecule has 8 heteroatoms. The summed E-state index contributed by atoms with van der Waals surface area (Å²) in [5.74, 6) is 0.0723. The van der Waals surface area contributed by atoms with E-state index in [2.05, 4.69) is 26.3 Å². The quantitative estimate of drug-likeness (QED) is 0.468. The Labute approximate surface area is 166 Å². The molecule has 0 spiro atoms. The third-order valence-electron chi connectivity index (χ3n) is 3.60. The van der Waals surface area contributed by atoms with Crippen LogP contribution >= 0.6 is 23.1 Å². The van der Waals surface area contributed by atoms with Gasteiger partial charge in [-0.05, 0) is 56.4 Å². The predicted molar refractivity (Wildman–Crippen MR) is 110 cm³/mol. The van der Waals surface area contributed by atoms with E-state index in [0.29, 0.717) is 29.0 Å². The molecule has 2 heterocycles. The Balaban J connectivity index is 1.90. The Morgan fingerprint density at radius 2 is 1.96 bits per heavy atom. The molecule has 27 heavy (non-hydrogen) atoms. The number of ether oxygens (including phenoxy) is 1. The van der Waals surface area contributed by atoms with Gasteiger partial charge in [0.2, 0.25) is 5.95 Å². The maximum atomic E-state index is 12.1. The monoisotopic (exact) mass is 400 g/mol. The van der Waals surface area contributed by atoms with Crippen molar-refractivity contribution in [3.05, 3.63) is 47.3 Å². The van der Waals surface area contributed by atoms with E-state index in [1.54, 1.807) is 19.2 Å².